The van der Waals surface area contributed by atoms with E-state index >= 15 is 0 Å². The molecule has 2 rings (SSSR count). The first-order valence-corrected chi connectivity index (χ1v) is 7.30. The zero-order valence-corrected chi connectivity index (χ0v) is 11.7. The minimum atomic E-state index is 0.130. The molecular weight excluding hydrogens is 234 g/mol. The zero-order chi connectivity index (χ0) is 13.5. The minimum Gasteiger partial charge on any atom is -0.337 e. The Labute approximate surface area is 116 Å². The zero-order valence-electron chi connectivity index (χ0n) is 11.7. The summed E-state index contributed by atoms with van der Waals surface area (Å²) in [4.78, 5) is 13.9. The molecule has 1 amide bonds. The van der Waals surface area contributed by atoms with E-state index in [4.69, 9.17) is 0 Å². The molecule has 0 aromatic heterocycles. The molecular formula is C17H23NO. The van der Waals surface area contributed by atoms with Gasteiger partial charge in [0.2, 0.25) is 5.91 Å². The van der Waals surface area contributed by atoms with Gasteiger partial charge in [0.25, 0.3) is 0 Å². The molecule has 1 aromatic rings. The van der Waals surface area contributed by atoms with E-state index in [0.29, 0.717) is 0 Å². The van der Waals surface area contributed by atoms with Crippen molar-refractivity contribution in [2.75, 3.05) is 6.54 Å². The highest BCUT2D eigenvalue weighted by Gasteiger charge is 2.33. The molecule has 0 saturated carbocycles. The van der Waals surface area contributed by atoms with Gasteiger partial charge in [-0.15, -0.1) is 0 Å². The first-order chi connectivity index (χ1) is 9.31. The summed E-state index contributed by atoms with van der Waals surface area (Å²) < 4.78 is 0. The Balaban J connectivity index is 1.71. The number of hydrogen-bond acceptors (Lipinski definition) is 1. The van der Waals surface area contributed by atoms with Crippen LogP contribution in [-0.2, 0) is 11.3 Å². The number of benzene rings is 1. The average molecular weight is 257 g/mol. The number of allylic oxidation sites excluding steroid dienone is 1. The topological polar surface area (TPSA) is 20.3 Å². The molecule has 0 N–H and O–H groups in total. The lowest BCUT2D eigenvalue weighted by Crippen LogP contribution is -2.50. The van der Waals surface area contributed by atoms with Gasteiger partial charge in [0.15, 0.2) is 0 Å². The molecule has 0 radical (unpaired) electrons. The van der Waals surface area contributed by atoms with E-state index in [0.717, 1.165) is 19.5 Å². The lowest BCUT2D eigenvalue weighted by atomic mass is 9.96. The van der Waals surface area contributed by atoms with Gasteiger partial charge in [-0.3, -0.25) is 4.79 Å². The number of carbonyl (C=O) groups is 1. The Morgan fingerprint density at radius 1 is 1.26 bits per heavy atom. The van der Waals surface area contributed by atoms with Crippen LogP contribution in [-0.4, -0.2) is 17.4 Å². The van der Waals surface area contributed by atoms with Crippen molar-refractivity contribution in [3.8, 4) is 0 Å². The third-order valence-corrected chi connectivity index (χ3v) is 3.60. The van der Waals surface area contributed by atoms with Crippen molar-refractivity contribution in [3.05, 3.63) is 48.0 Å². The normalized spacial score (nSPS) is 18.9. The Morgan fingerprint density at radius 3 is 2.74 bits per heavy atom. The van der Waals surface area contributed by atoms with Crippen LogP contribution < -0.4 is 0 Å². The Kier molecular flexibility index (Phi) is 5.20. The van der Waals surface area contributed by atoms with Crippen molar-refractivity contribution in [3.63, 3.8) is 0 Å². The lowest BCUT2D eigenvalue weighted by molar-refractivity contribution is -0.145. The van der Waals surface area contributed by atoms with Gasteiger partial charge in [0, 0.05) is 13.1 Å². The molecule has 1 saturated heterocycles. The standard InChI is InChI=1S/C17H23NO/c1-2-3-4-5-9-12-16-14-18(17(16)19)13-15-10-7-6-8-11-15/h6-12,16H,2-5,13-14H2,1H3/b12-9+. The molecule has 19 heavy (non-hydrogen) atoms. The van der Waals surface area contributed by atoms with E-state index in [9.17, 15) is 4.79 Å². The molecule has 0 aliphatic carbocycles. The van der Waals surface area contributed by atoms with Crippen LogP contribution in [0.2, 0.25) is 0 Å². The monoisotopic (exact) mass is 257 g/mol. The molecule has 1 aliphatic rings. The molecule has 2 nitrogen and oxygen atoms in total. The van der Waals surface area contributed by atoms with Crippen molar-refractivity contribution < 1.29 is 4.79 Å². The van der Waals surface area contributed by atoms with Crippen LogP contribution in [0.1, 0.15) is 38.2 Å². The summed E-state index contributed by atoms with van der Waals surface area (Å²) in [6.45, 7) is 3.83. The van der Waals surface area contributed by atoms with E-state index < -0.39 is 0 Å². The molecule has 1 fully saturated rings. The highest BCUT2D eigenvalue weighted by molar-refractivity contribution is 5.86. The maximum absolute atomic E-state index is 12.0. The van der Waals surface area contributed by atoms with E-state index in [2.05, 4.69) is 31.2 Å². The van der Waals surface area contributed by atoms with Crippen LogP contribution >= 0.6 is 0 Å². The second-order valence-corrected chi connectivity index (χ2v) is 5.23. The molecule has 102 valence electrons. The van der Waals surface area contributed by atoms with Gasteiger partial charge in [0.1, 0.15) is 0 Å². The van der Waals surface area contributed by atoms with Crippen molar-refractivity contribution in [2.24, 2.45) is 5.92 Å². The first-order valence-electron chi connectivity index (χ1n) is 7.30. The average Bonchev–Trinajstić information content (AvgIpc) is 2.45. The number of likely N-dealkylation sites (tertiary alicyclic amines) is 1. The summed E-state index contributed by atoms with van der Waals surface area (Å²) in [5.74, 6) is 0.404. The molecule has 1 aromatic carbocycles. The van der Waals surface area contributed by atoms with Gasteiger partial charge < -0.3 is 4.90 Å². The maximum Gasteiger partial charge on any atom is 0.231 e. The second-order valence-electron chi connectivity index (χ2n) is 5.23. The fraction of sp³-hybridized carbons (Fsp3) is 0.471. The predicted molar refractivity (Wildman–Crippen MR) is 78.6 cm³/mol. The molecule has 1 aliphatic heterocycles. The van der Waals surface area contributed by atoms with Crippen LogP contribution in [0, 0.1) is 5.92 Å². The molecule has 1 unspecified atom stereocenters. The van der Waals surface area contributed by atoms with Gasteiger partial charge in [-0.1, -0.05) is 62.2 Å². The van der Waals surface area contributed by atoms with E-state index in [1.54, 1.807) is 0 Å². The second kappa shape index (κ2) is 7.13. The van der Waals surface area contributed by atoms with Crippen LogP contribution in [0.25, 0.3) is 0 Å². The van der Waals surface area contributed by atoms with E-state index in [-0.39, 0.29) is 11.8 Å². The molecule has 0 spiro atoms. The van der Waals surface area contributed by atoms with Gasteiger partial charge in [-0.25, -0.2) is 0 Å². The number of rotatable bonds is 7. The summed E-state index contributed by atoms with van der Waals surface area (Å²) in [6.07, 6.45) is 9.15. The highest BCUT2D eigenvalue weighted by atomic mass is 16.2. The summed E-state index contributed by atoms with van der Waals surface area (Å²) in [5, 5.41) is 0. The van der Waals surface area contributed by atoms with Gasteiger partial charge >= 0.3 is 0 Å². The lowest BCUT2D eigenvalue weighted by Gasteiger charge is -2.37. The third-order valence-electron chi connectivity index (χ3n) is 3.60. The quantitative estimate of drug-likeness (QED) is 0.413. The molecule has 0 bridgehead atoms. The van der Waals surface area contributed by atoms with Gasteiger partial charge in [-0.05, 0) is 18.4 Å². The van der Waals surface area contributed by atoms with Crippen molar-refractivity contribution in [1.82, 2.24) is 4.90 Å². The maximum atomic E-state index is 12.0. The number of nitrogens with zero attached hydrogens (tertiary/aromatic N) is 1. The minimum absolute atomic E-state index is 0.130. The Bertz CT molecular complexity index is 424. The fourth-order valence-electron chi connectivity index (χ4n) is 2.39. The van der Waals surface area contributed by atoms with Crippen LogP contribution in [0.5, 0.6) is 0 Å². The van der Waals surface area contributed by atoms with Crippen molar-refractivity contribution in [1.29, 1.82) is 0 Å². The summed E-state index contributed by atoms with van der Waals surface area (Å²) in [6, 6.07) is 10.2. The first kappa shape index (κ1) is 13.9. The number of carbonyl (C=O) groups excluding carboxylic acids is 1. The van der Waals surface area contributed by atoms with Crippen LogP contribution in [0.3, 0.4) is 0 Å². The Morgan fingerprint density at radius 2 is 2.05 bits per heavy atom. The molecule has 1 heterocycles. The molecule has 2 heteroatoms. The highest BCUT2D eigenvalue weighted by Crippen LogP contribution is 2.21. The molecule has 1 atom stereocenters. The summed E-state index contributed by atoms with van der Waals surface area (Å²) in [7, 11) is 0. The van der Waals surface area contributed by atoms with E-state index in [1.165, 1.54) is 24.8 Å². The van der Waals surface area contributed by atoms with Crippen molar-refractivity contribution in [2.45, 2.75) is 39.2 Å². The largest absolute Gasteiger partial charge is 0.337 e. The van der Waals surface area contributed by atoms with Gasteiger partial charge in [0.05, 0.1) is 5.92 Å². The van der Waals surface area contributed by atoms with Gasteiger partial charge in [-0.2, -0.15) is 0 Å². The fourth-order valence-corrected chi connectivity index (χ4v) is 2.39. The van der Waals surface area contributed by atoms with Crippen LogP contribution in [0.4, 0.5) is 0 Å². The number of β-lactam (4-membered cyclic amide) rings is 1. The Hall–Kier alpha value is -1.57. The SMILES string of the molecule is CCCCC/C=C/C1CN(Cc2ccccc2)C1=O. The summed E-state index contributed by atoms with van der Waals surface area (Å²) >= 11 is 0. The summed E-state index contributed by atoms with van der Waals surface area (Å²) in [5.41, 5.74) is 1.21. The number of hydrogen-bond donors (Lipinski definition) is 0. The van der Waals surface area contributed by atoms with Crippen molar-refractivity contribution >= 4 is 5.91 Å². The number of amides is 1. The third kappa shape index (κ3) is 3.95. The van der Waals surface area contributed by atoms with Crippen LogP contribution in [0.15, 0.2) is 42.5 Å². The smallest absolute Gasteiger partial charge is 0.231 e. The predicted octanol–water partition coefficient (Wildman–Crippen LogP) is 3.78. The number of unbranched alkanes of at least 4 members (excludes halogenated alkanes) is 3. The van der Waals surface area contributed by atoms with E-state index in [1.807, 2.05) is 23.1 Å².